The van der Waals surface area contributed by atoms with Gasteiger partial charge in [-0.2, -0.15) is 0 Å². The van der Waals surface area contributed by atoms with Crippen LogP contribution < -0.4 is 5.32 Å². The van der Waals surface area contributed by atoms with Crippen LogP contribution in [0.25, 0.3) is 0 Å². The lowest BCUT2D eigenvalue weighted by Gasteiger charge is -2.10. The van der Waals surface area contributed by atoms with E-state index >= 15 is 0 Å². The van der Waals surface area contributed by atoms with E-state index in [-0.39, 0.29) is 0 Å². The van der Waals surface area contributed by atoms with Gasteiger partial charge in [0.2, 0.25) is 0 Å². The van der Waals surface area contributed by atoms with Crippen LogP contribution in [0, 0.1) is 13.8 Å². The van der Waals surface area contributed by atoms with Crippen molar-refractivity contribution in [2.24, 2.45) is 0 Å². The quantitative estimate of drug-likeness (QED) is 0.654. The van der Waals surface area contributed by atoms with Crippen molar-refractivity contribution >= 4 is 56.2 Å². The summed E-state index contributed by atoms with van der Waals surface area (Å²) < 4.78 is 0.808. The fourth-order valence-corrected chi connectivity index (χ4v) is 3.50. The number of anilines is 1. The van der Waals surface area contributed by atoms with Crippen LogP contribution in [0.5, 0.6) is 0 Å². The van der Waals surface area contributed by atoms with E-state index in [9.17, 15) is 0 Å². The standard InChI is InChI=1S/C13H12BrCl2NS/c1-7-5-9(8(2)18-7)6-17-11-4-3-10(14)12(15)13(11)16/h3-5,17H,6H2,1-2H3. The Morgan fingerprint density at radius 1 is 1.22 bits per heavy atom. The Balaban J connectivity index is 2.16. The summed E-state index contributed by atoms with van der Waals surface area (Å²) in [5.74, 6) is 0. The van der Waals surface area contributed by atoms with Crippen molar-refractivity contribution in [3.05, 3.63) is 48.0 Å². The molecule has 0 aliphatic heterocycles. The van der Waals surface area contributed by atoms with Crippen molar-refractivity contribution in [3.8, 4) is 0 Å². The molecular formula is C13H12BrCl2NS. The molecule has 0 aliphatic carbocycles. The maximum absolute atomic E-state index is 6.19. The van der Waals surface area contributed by atoms with Gasteiger partial charge in [0.1, 0.15) is 0 Å². The molecule has 2 aromatic rings. The zero-order valence-corrected chi connectivity index (χ0v) is 13.9. The van der Waals surface area contributed by atoms with Crippen molar-refractivity contribution in [2.45, 2.75) is 20.4 Å². The number of nitrogens with one attached hydrogen (secondary N) is 1. The van der Waals surface area contributed by atoms with Crippen LogP contribution in [0.15, 0.2) is 22.7 Å². The zero-order chi connectivity index (χ0) is 13.3. The molecule has 96 valence electrons. The second-order valence-electron chi connectivity index (χ2n) is 4.01. The van der Waals surface area contributed by atoms with E-state index in [0.717, 1.165) is 16.7 Å². The molecule has 0 saturated heterocycles. The molecule has 0 atom stereocenters. The number of aryl methyl sites for hydroxylation is 2. The van der Waals surface area contributed by atoms with E-state index in [1.807, 2.05) is 23.5 Å². The van der Waals surface area contributed by atoms with Gasteiger partial charge < -0.3 is 5.32 Å². The fraction of sp³-hybridized carbons (Fsp3) is 0.231. The molecule has 1 aromatic carbocycles. The summed E-state index contributed by atoms with van der Waals surface area (Å²) in [6.07, 6.45) is 0. The summed E-state index contributed by atoms with van der Waals surface area (Å²) in [6, 6.07) is 6.01. The molecule has 1 nitrogen and oxygen atoms in total. The molecule has 0 spiro atoms. The summed E-state index contributed by atoms with van der Waals surface area (Å²) in [5.41, 5.74) is 2.15. The normalized spacial score (nSPS) is 10.7. The van der Waals surface area contributed by atoms with Crippen molar-refractivity contribution in [1.29, 1.82) is 0 Å². The van der Waals surface area contributed by atoms with Gasteiger partial charge in [-0.25, -0.2) is 0 Å². The highest BCUT2D eigenvalue weighted by atomic mass is 79.9. The van der Waals surface area contributed by atoms with E-state index < -0.39 is 0 Å². The van der Waals surface area contributed by atoms with Gasteiger partial charge in [0, 0.05) is 20.8 Å². The second-order valence-corrected chi connectivity index (χ2v) is 7.09. The molecule has 5 heteroatoms. The average molecular weight is 365 g/mol. The largest absolute Gasteiger partial charge is 0.380 e. The van der Waals surface area contributed by atoms with Crippen LogP contribution in [0.2, 0.25) is 10.0 Å². The minimum atomic E-state index is 0.542. The van der Waals surface area contributed by atoms with Gasteiger partial charge in [-0.15, -0.1) is 11.3 Å². The molecular weight excluding hydrogens is 353 g/mol. The predicted octanol–water partition coefficient (Wildman–Crippen LogP) is 6.05. The third-order valence-electron chi connectivity index (χ3n) is 2.65. The van der Waals surface area contributed by atoms with Gasteiger partial charge in [-0.1, -0.05) is 23.2 Å². The van der Waals surface area contributed by atoms with E-state index in [1.54, 1.807) is 0 Å². The van der Waals surface area contributed by atoms with Crippen molar-refractivity contribution in [2.75, 3.05) is 5.32 Å². The molecule has 1 N–H and O–H groups in total. The van der Waals surface area contributed by atoms with E-state index in [1.165, 1.54) is 15.3 Å². The Labute approximate surface area is 129 Å². The van der Waals surface area contributed by atoms with Gasteiger partial charge in [-0.3, -0.25) is 0 Å². The lowest BCUT2D eigenvalue weighted by Crippen LogP contribution is -2.00. The lowest BCUT2D eigenvalue weighted by atomic mass is 10.2. The topological polar surface area (TPSA) is 12.0 Å². The number of hydrogen-bond donors (Lipinski definition) is 1. The van der Waals surface area contributed by atoms with E-state index in [4.69, 9.17) is 23.2 Å². The summed E-state index contributed by atoms with van der Waals surface area (Å²) in [4.78, 5) is 2.66. The Bertz CT molecular complexity index is 581. The number of rotatable bonds is 3. The molecule has 0 aliphatic rings. The maximum Gasteiger partial charge on any atom is 0.0835 e. The Hall–Kier alpha value is -0.220. The highest BCUT2D eigenvalue weighted by Crippen LogP contribution is 2.36. The second kappa shape index (κ2) is 5.83. The number of halogens is 3. The Kier molecular flexibility index (Phi) is 4.59. The Morgan fingerprint density at radius 3 is 2.56 bits per heavy atom. The first-order valence-electron chi connectivity index (χ1n) is 5.42. The third kappa shape index (κ3) is 3.02. The van der Waals surface area contributed by atoms with Crippen LogP contribution in [-0.4, -0.2) is 0 Å². The maximum atomic E-state index is 6.19. The molecule has 0 saturated carbocycles. The van der Waals surface area contributed by atoms with Crippen LogP contribution >= 0.6 is 50.5 Å². The van der Waals surface area contributed by atoms with Gasteiger partial charge in [-0.05, 0) is 53.5 Å². The van der Waals surface area contributed by atoms with Crippen molar-refractivity contribution in [1.82, 2.24) is 0 Å². The predicted molar refractivity (Wildman–Crippen MR) is 85.3 cm³/mol. The van der Waals surface area contributed by atoms with E-state index in [2.05, 4.69) is 41.2 Å². The molecule has 18 heavy (non-hydrogen) atoms. The number of thiophene rings is 1. The highest BCUT2D eigenvalue weighted by Gasteiger charge is 2.09. The van der Waals surface area contributed by atoms with Gasteiger partial charge in [0.25, 0.3) is 0 Å². The van der Waals surface area contributed by atoms with E-state index in [0.29, 0.717) is 10.0 Å². The average Bonchev–Trinajstić information content (AvgIpc) is 2.64. The number of hydrogen-bond acceptors (Lipinski definition) is 2. The highest BCUT2D eigenvalue weighted by molar-refractivity contribution is 9.10. The van der Waals surface area contributed by atoms with Crippen LogP contribution in [0.4, 0.5) is 5.69 Å². The number of benzene rings is 1. The molecule has 0 radical (unpaired) electrons. The Morgan fingerprint density at radius 2 is 1.94 bits per heavy atom. The molecule has 1 heterocycles. The van der Waals surface area contributed by atoms with Crippen molar-refractivity contribution in [3.63, 3.8) is 0 Å². The lowest BCUT2D eigenvalue weighted by molar-refractivity contribution is 1.14. The first-order chi connectivity index (χ1) is 8.49. The van der Waals surface area contributed by atoms with Crippen molar-refractivity contribution < 1.29 is 0 Å². The third-order valence-corrected chi connectivity index (χ3v) is 5.43. The molecule has 0 amide bonds. The van der Waals surface area contributed by atoms with Crippen LogP contribution in [0.1, 0.15) is 15.3 Å². The summed E-state index contributed by atoms with van der Waals surface area (Å²) >= 11 is 17.4. The van der Waals surface area contributed by atoms with Gasteiger partial charge >= 0.3 is 0 Å². The first-order valence-corrected chi connectivity index (χ1v) is 7.79. The molecule has 0 unspecified atom stereocenters. The SMILES string of the molecule is Cc1cc(CNc2ccc(Br)c(Cl)c2Cl)c(C)s1. The first kappa shape index (κ1) is 14.2. The van der Waals surface area contributed by atoms with Gasteiger partial charge in [0.15, 0.2) is 0 Å². The minimum absolute atomic E-state index is 0.542. The van der Waals surface area contributed by atoms with Crippen LogP contribution in [0.3, 0.4) is 0 Å². The summed E-state index contributed by atoms with van der Waals surface area (Å²) in [7, 11) is 0. The summed E-state index contributed by atoms with van der Waals surface area (Å²) in [5, 5.41) is 4.41. The van der Waals surface area contributed by atoms with Gasteiger partial charge in [0.05, 0.1) is 15.7 Å². The molecule has 1 aromatic heterocycles. The monoisotopic (exact) mass is 363 g/mol. The zero-order valence-electron chi connectivity index (χ0n) is 9.98. The molecule has 2 rings (SSSR count). The minimum Gasteiger partial charge on any atom is -0.380 e. The molecule has 0 bridgehead atoms. The molecule has 0 fully saturated rings. The fourth-order valence-electron chi connectivity index (χ4n) is 1.71. The summed E-state index contributed by atoms with van der Waals surface area (Å²) in [6.45, 7) is 5.00. The smallest absolute Gasteiger partial charge is 0.0835 e. The van der Waals surface area contributed by atoms with Crippen LogP contribution in [-0.2, 0) is 6.54 Å².